The minimum atomic E-state index is -3.73. The molecule has 0 aliphatic heterocycles. The average molecular weight is 422 g/mol. The second kappa shape index (κ2) is 5.41. The van der Waals surface area contributed by atoms with E-state index in [-0.39, 0.29) is 10.9 Å². The number of halogens is 2. The van der Waals surface area contributed by atoms with Gasteiger partial charge in [0.1, 0.15) is 5.54 Å². The van der Waals surface area contributed by atoms with Gasteiger partial charge in [-0.15, -0.1) is 0 Å². The maximum atomic E-state index is 12.9. The number of benzene rings is 1. The molecule has 0 N–H and O–H groups in total. The van der Waals surface area contributed by atoms with E-state index < -0.39 is 15.6 Å². The Kier molecular flexibility index (Phi) is 4.32. The molecule has 0 spiro atoms. The molecule has 0 atom stereocenters. The van der Waals surface area contributed by atoms with E-state index in [0.717, 1.165) is 12.8 Å². The molecule has 1 fully saturated rings. The number of hydrogen-bond acceptors (Lipinski definition) is 3. The van der Waals surface area contributed by atoms with Crippen molar-refractivity contribution in [3.63, 3.8) is 0 Å². The molecule has 4 nitrogen and oxygen atoms in total. The van der Waals surface area contributed by atoms with Crippen LogP contribution in [0.25, 0.3) is 0 Å². The van der Waals surface area contributed by atoms with Crippen LogP contribution in [0.4, 0.5) is 0 Å². The third-order valence-electron chi connectivity index (χ3n) is 3.13. The standard InChI is InChI=1S/C13H14Br2N2O2S/c1-13(2,8-16)17(10-4-5-10)20(18,19)12-7-9(14)3-6-11(12)15/h3,6-7,10H,4-5H2,1-2H3. The smallest absolute Gasteiger partial charge is 0.207 e. The predicted octanol–water partition coefficient (Wildman–Crippen LogP) is 3.67. The van der Waals surface area contributed by atoms with Crippen LogP contribution >= 0.6 is 31.9 Å². The maximum Gasteiger partial charge on any atom is 0.245 e. The summed E-state index contributed by atoms with van der Waals surface area (Å²) in [5.74, 6) is 0. The summed E-state index contributed by atoms with van der Waals surface area (Å²) < 4.78 is 28.4. The van der Waals surface area contributed by atoms with Crippen LogP contribution in [0.3, 0.4) is 0 Å². The van der Waals surface area contributed by atoms with Crippen molar-refractivity contribution in [1.82, 2.24) is 4.31 Å². The van der Waals surface area contributed by atoms with Crippen molar-refractivity contribution in [1.29, 1.82) is 5.26 Å². The molecule has 1 aromatic carbocycles. The van der Waals surface area contributed by atoms with E-state index in [1.807, 2.05) is 0 Å². The van der Waals surface area contributed by atoms with Gasteiger partial charge in [-0.25, -0.2) is 8.42 Å². The summed E-state index contributed by atoms with van der Waals surface area (Å²) in [6.45, 7) is 3.27. The van der Waals surface area contributed by atoms with Crippen LogP contribution in [-0.2, 0) is 10.0 Å². The van der Waals surface area contributed by atoms with Crippen LogP contribution < -0.4 is 0 Å². The molecular formula is C13H14Br2N2O2S. The third kappa shape index (κ3) is 2.93. The van der Waals surface area contributed by atoms with Crippen LogP contribution in [0.15, 0.2) is 32.0 Å². The fraction of sp³-hybridized carbons (Fsp3) is 0.462. The van der Waals surface area contributed by atoms with Crippen molar-refractivity contribution in [2.45, 2.75) is 43.2 Å². The van der Waals surface area contributed by atoms with E-state index in [2.05, 4.69) is 37.9 Å². The summed E-state index contributed by atoms with van der Waals surface area (Å²) in [4.78, 5) is 0.183. The van der Waals surface area contributed by atoms with E-state index in [9.17, 15) is 13.7 Å². The van der Waals surface area contributed by atoms with Gasteiger partial charge < -0.3 is 0 Å². The monoisotopic (exact) mass is 420 g/mol. The number of hydrogen-bond donors (Lipinski definition) is 0. The molecule has 2 rings (SSSR count). The van der Waals surface area contributed by atoms with Crippen molar-refractivity contribution in [2.24, 2.45) is 0 Å². The van der Waals surface area contributed by atoms with Crippen LogP contribution in [-0.4, -0.2) is 24.3 Å². The average Bonchev–Trinajstić information content (AvgIpc) is 3.16. The van der Waals surface area contributed by atoms with Gasteiger partial charge in [0.25, 0.3) is 0 Å². The molecule has 1 aliphatic carbocycles. The van der Waals surface area contributed by atoms with Gasteiger partial charge in [-0.1, -0.05) is 15.9 Å². The number of nitrogens with zero attached hydrogens (tertiary/aromatic N) is 2. The van der Waals surface area contributed by atoms with Crippen LogP contribution in [0.1, 0.15) is 26.7 Å². The highest BCUT2D eigenvalue weighted by Gasteiger charge is 2.47. The number of nitriles is 1. The minimum Gasteiger partial charge on any atom is -0.207 e. The quantitative estimate of drug-likeness (QED) is 0.744. The van der Waals surface area contributed by atoms with E-state index in [0.29, 0.717) is 8.95 Å². The maximum absolute atomic E-state index is 12.9. The van der Waals surface area contributed by atoms with Gasteiger partial charge in [-0.3, -0.25) is 0 Å². The van der Waals surface area contributed by atoms with Gasteiger partial charge in [-0.05, 0) is 60.8 Å². The largest absolute Gasteiger partial charge is 0.245 e. The molecule has 0 radical (unpaired) electrons. The highest BCUT2D eigenvalue weighted by atomic mass is 79.9. The fourth-order valence-electron chi connectivity index (χ4n) is 2.09. The summed E-state index contributed by atoms with van der Waals surface area (Å²) >= 11 is 6.57. The first-order valence-electron chi connectivity index (χ1n) is 6.11. The van der Waals surface area contributed by atoms with Crippen LogP contribution in [0.2, 0.25) is 0 Å². The van der Waals surface area contributed by atoms with Crippen LogP contribution in [0.5, 0.6) is 0 Å². The fourth-order valence-corrected chi connectivity index (χ4v) is 5.51. The number of sulfonamides is 1. The Hall–Kier alpha value is -0.420. The summed E-state index contributed by atoms with van der Waals surface area (Å²) in [7, 11) is -3.73. The summed E-state index contributed by atoms with van der Waals surface area (Å²) in [5.41, 5.74) is -1.07. The topological polar surface area (TPSA) is 61.2 Å². The zero-order chi connectivity index (χ0) is 15.1. The number of rotatable bonds is 4. The second-order valence-electron chi connectivity index (χ2n) is 5.28. The molecule has 108 valence electrons. The lowest BCUT2D eigenvalue weighted by atomic mass is 10.1. The first-order valence-corrected chi connectivity index (χ1v) is 9.13. The molecule has 0 heterocycles. The molecule has 0 aromatic heterocycles. The van der Waals surface area contributed by atoms with E-state index in [1.165, 1.54) is 4.31 Å². The van der Waals surface area contributed by atoms with Crippen molar-refractivity contribution in [2.75, 3.05) is 0 Å². The Balaban J connectivity index is 2.58. The lowest BCUT2D eigenvalue weighted by molar-refractivity contribution is 0.280. The van der Waals surface area contributed by atoms with E-state index >= 15 is 0 Å². The normalized spacial score (nSPS) is 16.2. The molecule has 0 amide bonds. The minimum absolute atomic E-state index is 0.0828. The highest BCUT2D eigenvalue weighted by molar-refractivity contribution is 9.11. The Labute approximate surface area is 136 Å². The van der Waals surface area contributed by atoms with Gasteiger partial charge >= 0.3 is 0 Å². The highest BCUT2D eigenvalue weighted by Crippen LogP contribution is 2.39. The molecule has 7 heteroatoms. The van der Waals surface area contributed by atoms with Gasteiger partial charge in [0, 0.05) is 15.0 Å². The second-order valence-corrected chi connectivity index (χ2v) is 8.83. The summed E-state index contributed by atoms with van der Waals surface area (Å²) in [6.07, 6.45) is 1.60. The molecule has 0 saturated heterocycles. The zero-order valence-corrected chi connectivity index (χ0v) is 15.1. The predicted molar refractivity (Wildman–Crippen MR) is 83.6 cm³/mol. The first kappa shape index (κ1) is 16.0. The van der Waals surface area contributed by atoms with Crippen molar-refractivity contribution < 1.29 is 8.42 Å². The lowest BCUT2D eigenvalue weighted by Crippen LogP contribution is -2.48. The Bertz CT molecular complexity index is 676. The van der Waals surface area contributed by atoms with Crippen molar-refractivity contribution >= 4 is 41.9 Å². The molecule has 1 aliphatic rings. The summed E-state index contributed by atoms with van der Waals surface area (Å²) in [5, 5.41) is 9.30. The van der Waals surface area contributed by atoms with Gasteiger partial charge in [-0.2, -0.15) is 9.57 Å². The van der Waals surface area contributed by atoms with Crippen LogP contribution in [0, 0.1) is 11.3 Å². The Morgan fingerprint density at radius 1 is 1.35 bits per heavy atom. The van der Waals surface area contributed by atoms with E-state index in [4.69, 9.17) is 0 Å². The Morgan fingerprint density at radius 3 is 2.45 bits per heavy atom. The van der Waals surface area contributed by atoms with Crippen molar-refractivity contribution in [3.05, 3.63) is 27.1 Å². The third-order valence-corrected chi connectivity index (χ3v) is 6.75. The molecule has 20 heavy (non-hydrogen) atoms. The molecule has 1 saturated carbocycles. The van der Waals surface area contributed by atoms with Gasteiger partial charge in [0.15, 0.2) is 0 Å². The first-order chi connectivity index (χ1) is 9.20. The lowest BCUT2D eigenvalue weighted by Gasteiger charge is -2.32. The zero-order valence-electron chi connectivity index (χ0n) is 11.1. The molecule has 0 bridgehead atoms. The van der Waals surface area contributed by atoms with E-state index in [1.54, 1.807) is 32.0 Å². The molecule has 0 unspecified atom stereocenters. The molecular weight excluding hydrogens is 408 g/mol. The molecule has 1 aromatic rings. The van der Waals surface area contributed by atoms with Gasteiger partial charge in [0.05, 0.1) is 11.0 Å². The Morgan fingerprint density at radius 2 is 1.95 bits per heavy atom. The van der Waals surface area contributed by atoms with Crippen molar-refractivity contribution in [3.8, 4) is 6.07 Å². The van der Waals surface area contributed by atoms with Gasteiger partial charge in [0.2, 0.25) is 10.0 Å². The SMILES string of the molecule is CC(C)(C#N)N(C1CC1)S(=O)(=O)c1cc(Br)ccc1Br. The summed E-state index contributed by atoms with van der Waals surface area (Å²) in [6, 6.07) is 7.01.